The lowest BCUT2D eigenvalue weighted by Crippen LogP contribution is -2.32. The Morgan fingerprint density at radius 3 is 2.09 bits per heavy atom. The van der Waals surface area contributed by atoms with E-state index in [1.165, 1.54) is 16.8 Å². The number of para-hydroxylation sites is 2. The predicted octanol–water partition coefficient (Wildman–Crippen LogP) is 7.42. The van der Waals surface area contributed by atoms with Gasteiger partial charge in [0.2, 0.25) is 0 Å². The van der Waals surface area contributed by atoms with Crippen LogP contribution in [-0.4, -0.2) is 36.1 Å². The number of carboxylic acid groups (broad SMARTS) is 1. The standard InChI is InChI=1S/C38H36N2O4/c1-28-12-8-11-19-36(28)40(27-30-13-4-2-5-14-30)24-25-44-32-22-20-29(21-23-32)26-35(38(42)43)39-34-18-10-9-17-33(34)37(41)31-15-6-3-7-16-31/h2-23,35,39H,24-27H2,1H3,(H,42,43). The first kappa shape index (κ1) is 30.1. The zero-order valence-electron chi connectivity index (χ0n) is 24.7. The lowest BCUT2D eigenvalue weighted by atomic mass is 10.00. The Balaban J connectivity index is 1.21. The van der Waals surface area contributed by atoms with Crippen LogP contribution in [0.1, 0.15) is 32.6 Å². The fraction of sp³-hybridized carbons (Fsp3) is 0.158. The first-order chi connectivity index (χ1) is 21.5. The maximum Gasteiger partial charge on any atom is 0.326 e. The van der Waals surface area contributed by atoms with Crippen molar-refractivity contribution in [3.05, 3.63) is 161 Å². The van der Waals surface area contributed by atoms with Crippen LogP contribution in [0.3, 0.4) is 0 Å². The smallest absolute Gasteiger partial charge is 0.326 e. The third kappa shape index (κ3) is 7.92. The van der Waals surface area contributed by atoms with Crippen LogP contribution in [0.4, 0.5) is 11.4 Å². The zero-order chi connectivity index (χ0) is 30.7. The van der Waals surface area contributed by atoms with Crippen LogP contribution in [0.25, 0.3) is 0 Å². The number of carbonyl (C=O) groups is 2. The predicted molar refractivity (Wildman–Crippen MR) is 176 cm³/mol. The lowest BCUT2D eigenvalue weighted by molar-refractivity contribution is -0.137. The second-order valence-corrected chi connectivity index (χ2v) is 10.7. The highest BCUT2D eigenvalue weighted by atomic mass is 16.5. The molecule has 0 radical (unpaired) electrons. The molecular formula is C38H36N2O4. The Labute approximate surface area is 258 Å². The van der Waals surface area contributed by atoms with Crippen molar-refractivity contribution in [3.63, 3.8) is 0 Å². The molecule has 0 spiro atoms. The molecule has 0 saturated heterocycles. The number of anilines is 2. The Hall–Kier alpha value is -5.36. The molecule has 0 fully saturated rings. The summed E-state index contributed by atoms with van der Waals surface area (Å²) in [6, 6.07) is 41.3. The summed E-state index contributed by atoms with van der Waals surface area (Å²) in [7, 11) is 0. The van der Waals surface area contributed by atoms with Gasteiger partial charge in [-0.15, -0.1) is 0 Å². The number of nitrogens with zero attached hydrogens (tertiary/aromatic N) is 1. The molecule has 0 aromatic heterocycles. The molecule has 5 aromatic carbocycles. The van der Waals surface area contributed by atoms with E-state index in [1.807, 2.05) is 54.6 Å². The second-order valence-electron chi connectivity index (χ2n) is 10.7. The van der Waals surface area contributed by atoms with Gasteiger partial charge in [-0.2, -0.15) is 0 Å². The van der Waals surface area contributed by atoms with Crippen molar-refractivity contribution in [2.45, 2.75) is 25.9 Å². The summed E-state index contributed by atoms with van der Waals surface area (Å²) in [4.78, 5) is 27.7. The maximum atomic E-state index is 13.1. The molecule has 0 aliphatic heterocycles. The summed E-state index contributed by atoms with van der Waals surface area (Å²) >= 11 is 0. The fourth-order valence-corrected chi connectivity index (χ4v) is 5.18. The zero-order valence-corrected chi connectivity index (χ0v) is 24.7. The van der Waals surface area contributed by atoms with Gasteiger partial charge in [0.05, 0.1) is 6.54 Å². The quantitative estimate of drug-likeness (QED) is 0.132. The molecular weight excluding hydrogens is 548 g/mol. The number of aryl methyl sites for hydroxylation is 1. The molecule has 6 nitrogen and oxygen atoms in total. The second kappa shape index (κ2) is 14.7. The van der Waals surface area contributed by atoms with E-state index in [2.05, 4.69) is 59.6 Å². The number of aliphatic carboxylic acids is 1. The van der Waals surface area contributed by atoms with Crippen LogP contribution in [0.2, 0.25) is 0 Å². The van der Waals surface area contributed by atoms with Crippen LogP contribution >= 0.6 is 0 Å². The summed E-state index contributed by atoms with van der Waals surface area (Å²) in [5, 5.41) is 13.1. The van der Waals surface area contributed by atoms with Gasteiger partial charge in [-0.1, -0.05) is 103 Å². The number of ketones is 1. The van der Waals surface area contributed by atoms with E-state index in [0.717, 1.165) is 17.9 Å². The van der Waals surface area contributed by atoms with Crippen molar-refractivity contribution in [1.82, 2.24) is 0 Å². The highest BCUT2D eigenvalue weighted by molar-refractivity contribution is 6.12. The maximum absolute atomic E-state index is 13.1. The highest BCUT2D eigenvalue weighted by Crippen LogP contribution is 2.24. The summed E-state index contributed by atoms with van der Waals surface area (Å²) in [5.41, 5.74) is 5.92. The number of ether oxygens (including phenoxy) is 1. The first-order valence-corrected chi connectivity index (χ1v) is 14.7. The van der Waals surface area contributed by atoms with Gasteiger partial charge in [0.1, 0.15) is 18.4 Å². The Morgan fingerprint density at radius 1 is 0.750 bits per heavy atom. The number of hydrogen-bond donors (Lipinski definition) is 2. The van der Waals surface area contributed by atoms with Crippen molar-refractivity contribution in [2.75, 3.05) is 23.4 Å². The summed E-state index contributed by atoms with van der Waals surface area (Å²) < 4.78 is 6.11. The van der Waals surface area contributed by atoms with Gasteiger partial charge in [0, 0.05) is 35.5 Å². The molecule has 1 unspecified atom stereocenters. The van der Waals surface area contributed by atoms with Gasteiger partial charge in [-0.3, -0.25) is 4.79 Å². The molecule has 5 rings (SSSR count). The monoisotopic (exact) mass is 584 g/mol. The van der Waals surface area contributed by atoms with E-state index in [0.29, 0.717) is 30.0 Å². The van der Waals surface area contributed by atoms with E-state index >= 15 is 0 Å². The molecule has 5 aromatic rings. The van der Waals surface area contributed by atoms with E-state index in [4.69, 9.17) is 4.74 Å². The third-order valence-electron chi connectivity index (χ3n) is 7.50. The van der Waals surface area contributed by atoms with Crippen molar-refractivity contribution < 1.29 is 19.4 Å². The van der Waals surface area contributed by atoms with Gasteiger partial charge in [-0.05, 0) is 53.9 Å². The number of benzene rings is 5. The number of hydrogen-bond acceptors (Lipinski definition) is 5. The Morgan fingerprint density at radius 2 is 1.39 bits per heavy atom. The van der Waals surface area contributed by atoms with Gasteiger partial charge in [-0.25, -0.2) is 4.79 Å². The van der Waals surface area contributed by atoms with Gasteiger partial charge < -0.3 is 20.1 Å². The van der Waals surface area contributed by atoms with E-state index in [9.17, 15) is 14.7 Å². The minimum absolute atomic E-state index is 0.163. The van der Waals surface area contributed by atoms with Crippen LogP contribution in [0.15, 0.2) is 133 Å². The Bertz CT molecular complexity index is 1670. The fourth-order valence-electron chi connectivity index (χ4n) is 5.18. The molecule has 1 atom stereocenters. The average Bonchev–Trinajstić information content (AvgIpc) is 3.06. The molecule has 2 N–H and O–H groups in total. The highest BCUT2D eigenvalue weighted by Gasteiger charge is 2.21. The number of carbonyl (C=O) groups excluding carboxylic acids is 1. The van der Waals surface area contributed by atoms with Crippen LogP contribution in [0, 0.1) is 6.92 Å². The van der Waals surface area contributed by atoms with Crippen LogP contribution < -0.4 is 15.0 Å². The molecule has 0 aliphatic carbocycles. The first-order valence-electron chi connectivity index (χ1n) is 14.7. The van der Waals surface area contributed by atoms with Gasteiger partial charge >= 0.3 is 5.97 Å². The van der Waals surface area contributed by atoms with E-state index in [-0.39, 0.29) is 12.2 Å². The molecule has 0 bridgehead atoms. The van der Waals surface area contributed by atoms with Crippen molar-refractivity contribution in [1.29, 1.82) is 0 Å². The molecule has 6 heteroatoms. The van der Waals surface area contributed by atoms with Crippen molar-refractivity contribution in [2.24, 2.45) is 0 Å². The summed E-state index contributed by atoms with van der Waals surface area (Å²) in [6.07, 6.45) is 0.238. The lowest BCUT2D eigenvalue weighted by Gasteiger charge is -2.26. The summed E-state index contributed by atoms with van der Waals surface area (Å²) in [5.74, 6) is -0.442. The van der Waals surface area contributed by atoms with E-state index < -0.39 is 12.0 Å². The Kier molecular flexibility index (Phi) is 10.1. The largest absolute Gasteiger partial charge is 0.492 e. The SMILES string of the molecule is Cc1ccccc1N(CCOc1ccc(CC(Nc2ccccc2C(=O)c2ccccc2)C(=O)O)cc1)Cc1ccccc1. The van der Waals surface area contributed by atoms with Gasteiger partial charge in [0.25, 0.3) is 0 Å². The molecule has 0 saturated carbocycles. The molecule has 222 valence electrons. The normalized spacial score (nSPS) is 11.4. The minimum Gasteiger partial charge on any atom is -0.492 e. The van der Waals surface area contributed by atoms with Gasteiger partial charge in [0.15, 0.2) is 5.78 Å². The molecule has 0 heterocycles. The molecule has 0 aliphatic rings. The van der Waals surface area contributed by atoms with Crippen molar-refractivity contribution in [3.8, 4) is 5.75 Å². The minimum atomic E-state index is -0.998. The number of rotatable bonds is 14. The third-order valence-corrected chi connectivity index (χ3v) is 7.50. The molecule has 44 heavy (non-hydrogen) atoms. The van der Waals surface area contributed by atoms with Crippen molar-refractivity contribution >= 4 is 23.1 Å². The van der Waals surface area contributed by atoms with E-state index in [1.54, 1.807) is 36.4 Å². The summed E-state index contributed by atoms with van der Waals surface area (Å²) in [6.45, 7) is 4.09. The average molecular weight is 585 g/mol. The van der Waals surface area contributed by atoms with Crippen LogP contribution in [0.5, 0.6) is 5.75 Å². The topological polar surface area (TPSA) is 78.9 Å². The molecule has 0 amide bonds. The number of carboxylic acids is 1. The van der Waals surface area contributed by atoms with Crippen LogP contribution in [-0.2, 0) is 17.8 Å². The number of nitrogens with one attached hydrogen (secondary N) is 1.